The molecule has 0 unspecified atom stereocenters. The first kappa shape index (κ1) is 38.3. The van der Waals surface area contributed by atoms with E-state index in [4.69, 9.17) is 23.9 Å². The summed E-state index contributed by atoms with van der Waals surface area (Å²) in [4.78, 5) is 42.7. The first-order valence-corrected chi connectivity index (χ1v) is 20.5. The molecule has 11 nitrogen and oxygen atoms in total. The van der Waals surface area contributed by atoms with E-state index in [-0.39, 0.29) is 30.3 Å². The van der Waals surface area contributed by atoms with Gasteiger partial charge in [0.1, 0.15) is 18.0 Å². The highest BCUT2D eigenvalue weighted by Crippen LogP contribution is 2.53. The highest BCUT2D eigenvalue weighted by molar-refractivity contribution is 6.00. The van der Waals surface area contributed by atoms with Gasteiger partial charge in [-0.2, -0.15) is 8.78 Å². The van der Waals surface area contributed by atoms with Crippen LogP contribution in [0.4, 0.5) is 24.1 Å². The number of aromatic amines is 1. The number of halogens is 2. The van der Waals surface area contributed by atoms with Gasteiger partial charge in [-0.1, -0.05) is 60.7 Å². The van der Waals surface area contributed by atoms with Gasteiger partial charge < -0.3 is 23.9 Å². The molecular formula is C47H45F2N5O6. The van der Waals surface area contributed by atoms with Gasteiger partial charge in [0, 0.05) is 41.8 Å². The first-order chi connectivity index (χ1) is 28.8. The number of ether oxygens (including phenoxy) is 4. The average molecular weight is 814 g/mol. The Kier molecular flexibility index (Phi) is 9.17. The van der Waals surface area contributed by atoms with E-state index in [0.717, 1.165) is 40.9 Å². The molecule has 0 saturated carbocycles. The lowest BCUT2D eigenvalue weighted by Crippen LogP contribution is -2.41. The number of benzene rings is 4. The second-order valence-electron chi connectivity index (χ2n) is 17.2. The first-order valence-electron chi connectivity index (χ1n) is 20.5. The molecule has 5 aliphatic rings. The number of imidazole rings is 1. The van der Waals surface area contributed by atoms with Crippen molar-refractivity contribution >= 4 is 23.6 Å². The molecule has 1 N–H and O–H groups in total. The molecule has 4 aromatic carbocycles. The summed E-state index contributed by atoms with van der Waals surface area (Å²) in [5.41, 5.74) is 6.29. The zero-order valence-electron chi connectivity index (χ0n) is 33.7. The summed E-state index contributed by atoms with van der Waals surface area (Å²) in [7, 11) is 0. The monoisotopic (exact) mass is 813 g/mol. The zero-order valence-corrected chi connectivity index (χ0v) is 33.7. The lowest BCUT2D eigenvalue weighted by Gasteiger charge is -2.27. The standard InChI is InChI=1S/C47H45F2N5O6/c1-45(2,3)60-44(56)53-17-7-10-40(53)42-50-25-39(52-42)31-12-15-34-33-14-11-30(21-35(33)47(48,49)36(34)22-31)29-13-16-37-32(20-29)23-38(51-37)41-24-46(58-18-19-59-46)27-54(41)43(55)57-26-28-8-5-4-6-9-28/h4-6,8-9,11-16,20-22,25,40-41H,7,10,17-19,23-24,26-27H2,1-3H3,(H,50,52)/t40-,41-/m0/s1. The summed E-state index contributed by atoms with van der Waals surface area (Å²) < 4.78 is 56.4. The molecule has 3 fully saturated rings. The summed E-state index contributed by atoms with van der Waals surface area (Å²) in [6.07, 6.45) is 3.23. The van der Waals surface area contributed by atoms with Crippen molar-refractivity contribution in [2.45, 2.75) is 82.5 Å². The lowest BCUT2D eigenvalue weighted by molar-refractivity contribution is -0.144. The van der Waals surface area contributed by atoms with E-state index in [0.29, 0.717) is 66.4 Å². The normalized spacial score (nSPS) is 20.9. The minimum absolute atomic E-state index is 0.0497. The maximum Gasteiger partial charge on any atom is 0.410 e. The number of amides is 2. The summed E-state index contributed by atoms with van der Waals surface area (Å²) >= 11 is 0. The van der Waals surface area contributed by atoms with Crippen LogP contribution < -0.4 is 0 Å². The molecule has 1 aliphatic carbocycles. The van der Waals surface area contributed by atoms with Gasteiger partial charge in [-0.15, -0.1) is 0 Å². The number of nitrogens with one attached hydrogen (secondary N) is 1. The van der Waals surface area contributed by atoms with Crippen molar-refractivity contribution in [3.63, 3.8) is 0 Å². The Morgan fingerprint density at radius 1 is 0.867 bits per heavy atom. The van der Waals surface area contributed by atoms with Crippen molar-refractivity contribution in [3.05, 3.63) is 119 Å². The molecule has 4 aliphatic heterocycles. The number of carbonyl (C=O) groups excluding carboxylic acids is 2. The van der Waals surface area contributed by atoms with Gasteiger partial charge in [0.2, 0.25) is 0 Å². The third-order valence-electron chi connectivity index (χ3n) is 12.1. The number of aliphatic imine (C=N–C) groups is 1. The van der Waals surface area contributed by atoms with Crippen LogP contribution in [0, 0.1) is 0 Å². The molecule has 10 rings (SSSR count). The van der Waals surface area contributed by atoms with Crippen LogP contribution in [0.1, 0.15) is 74.2 Å². The fourth-order valence-electron chi connectivity index (χ4n) is 9.25. The van der Waals surface area contributed by atoms with Crippen LogP contribution in [0.25, 0.3) is 33.5 Å². The smallest absolute Gasteiger partial charge is 0.410 e. The Hall–Kier alpha value is -5.92. The van der Waals surface area contributed by atoms with Crippen LogP contribution in [-0.2, 0) is 37.9 Å². The lowest BCUT2D eigenvalue weighted by atomic mass is 9.95. The number of rotatable bonds is 6. The average Bonchev–Trinajstić information content (AvgIpc) is 4.10. The highest BCUT2D eigenvalue weighted by atomic mass is 19.3. The summed E-state index contributed by atoms with van der Waals surface area (Å²) in [6, 6.07) is 25.0. The second kappa shape index (κ2) is 14.4. The van der Waals surface area contributed by atoms with Crippen LogP contribution >= 0.6 is 0 Å². The molecular weight excluding hydrogens is 769 g/mol. The minimum atomic E-state index is -3.24. The fraction of sp³-hybridized carbons (Fsp3) is 0.362. The fourth-order valence-corrected chi connectivity index (χ4v) is 9.25. The van der Waals surface area contributed by atoms with Crippen molar-refractivity contribution in [2.75, 3.05) is 26.3 Å². The predicted octanol–water partition coefficient (Wildman–Crippen LogP) is 9.72. The molecule has 1 spiro atoms. The van der Waals surface area contributed by atoms with Crippen molar-refractivity contribution in [1.82, 2.24) is 19.8 Å². The van der Waals surface area contributed by atoms with Crippen molar-refractivity contribution in [2.24, 2.45) is 4.99 Å². The molecule has 1 aromatic heterocycles. The number of likely N-dealkylation sites (tertiary alicyclic amines) is 2. The van der Waals surface area contributed by atoms with Gasteiger partial charge in [0.15, 0.2) is 5.79 Å². The minimum Gasteiger partial charge on any atom is -0.445 e. The molecule has 13 heteroatoms. The topological polar surface area (TPSA) is 119 Å². The third kappa shape index (κ3) is 6.83. The number of fused-ring (bicyclic) bond motifs is 4. The van der Waals surface area contributed by atoms with Gasteiger partial charge in [-0.3, -0.25) is 14.8 Å². The van der Waals surface area contributed by atoms with Gasteiger partial charge in [-0.05, 0) is 91.3 Å². The molecule has 0 bridgehead atoms. The quantitative estimate of drug-likeness (QED) is 0.181. The van der Waals surface area contributed by atoms with Crippen LogP contribution in [0.2, 0.25) is 0 Å². The largest absolute Gasteiger partial charge is 0.445 e. The van der Waals surface area contributed by atoms with Gasteiger partial charge >= 0.3 is 12.2 Å². The Morgan fingerprint density at radius 3 is 2.32 bits per heavy atom. The second-order valence-corrected chi connectivity index (χ2v) is 17.2. The summed E-state index contributed by atoms with van der Waals surface area (Å²) in [5.74, 6) is -3.55. The number of hydrogen-bond donors (Lipinski definition) is 1. The van der Waals surface area contributed by atoms with Crippen molar-refractivity contribution in [1.29, 1.82) is 0 Å². The Labute approximate surface area is 346 Å². The number of H-pyrrole nitrogens is 1. The summed E-state index contributed by atoms with van der Waals surface area (Å²) in [5, 5.41) is 0. The molecule has 308 valence electrons. The van der Waals surface area contributed by atoms with E-state index >= 15 is 8.78 Å². The van der Waals surface area contributed by atoms with Crippen LogP contribution in [0.5, 0.6) is 0 Å². The number of aromatic nitrogens is 2. The van der Waals surface area contributed by atoms with Crippen molar-refractivity contribution in [3.8, 4) is 33.5 Å². The molecule has 2 amide bonds. The molecule has 0 radical (unpaired) electrons. The number of alkyl halides is 2. The maximum absolute atomic E-state index is 16.5. The Balaban J connectivity index is 0.862. The highest BCUT2D eigenvalue weighted by Gasteiger charge is 2.53. The van der Waals surface area contributed by atoms with E-state index in [2.05, 4.69) is 9.97 Å². The predicted molar refractivity (Wildman–Crippen MR) is 220 cm³/mol. The van der Waals surface area contributed by atoms with Gasteiger partial charge in [-0.25, -0.2) is 14.6 Å². The number of nitrogens with zero attached hydrogens (tertiary/aromatic N) is 4. The van der Waals surface area contributed by atoms with E-state index in [9.17, 15) is 9.59 Å². The Morgan fingerprint density at radius 2 is 1.57 bits per heavy atom. The Bertz CT molecular complexity index is 2540. The molecule has 5 heterocycles. The van der Waals surface area contributed by atoms with Crippen LogP contribution in [0.15, 0.2) is 96.1 Å². The zero-order chi connectivity index (χ0) is 41.4. The number of hydrogen-bond acceptors (Lipinski definition) is 8. The van der Waals surface area contributed by atoms with E-state index < -0.39 is 35.5 Å². The van der Waals surface area contributed by atoms with Gasteiger partial charge in [0.05, 0.1) is 49.4 Å². The third-order valence-corrected chi connectivity index (χ3v) is 12.1. The van der Waals surface area contributed by atoms with Crippen LogP contribution in [0.3, 0.4) is 0 Å². The molecule has 60 heavy (non-hydrogen) atoms. The van der Waals surface area contributed by atoms with E-state index in [1.807, 2.05) is 81.4 Å². The summed E-state index contributed by atoms with van der Waals surface area (Å²) in [6.45, 7) is 7.33. The van der Waals surface area contributed by atoms with Crippen molar-refractivity contribution < 1.29 is 37.3 Å². The maximum atomic E-state index is 16.5. The van der Waals surface area contributed by atoms with Crippen LogP contribution in [-0.4, -0.2) is 81.4 Å². The molecule has 5 aromatic rings. The molecule has 2 atom stereocenters. The number of carbonyl (C=O) groups is 2. The SMILES string of the molecule is CC(C)(C)OC(=O)N1CCC[C@H]1c1ncc(-c2ccc3c(c2)C(F)(F)c2cc(-c4ccc5c(c4)CC([C@@H]4CC6(CN4C(=O)OCc4ccccc4)OCCO6)=N5)ccc2-3)[nH]1. The van der Waals surface area contributed by atoms with Gasteiger partial charge in [0.25, 0.3) is 5.92 Å². The van der Waals surface area contributed by atoms with E-state index in [1.54, 1.807) is 34.2 Å². The van der Waals surface area contributed by atoms with E-state index in [1.165, 1.54) is 6.07 Å². The molecule has 3 saturated heterocycles.